The van der Waals surface area contributed by atoms with Gasteiger partial charge in [-0.15, -0.1) is 0 Å². The van der Waals surface area contributed by atoms with Gasteiger partial charge in [-0.25, -0.2) is 0 Å². The van der Waals surface area contributed by atoms with E-state index < -0.39 is 24.9 Å². The highest BCUT2D eigenvalue weighted by Crippen LogP contribution is 2.15. The molecule has 2 amide bonds. The van der Waals surface area contributed by atoms with Gasteiger partial charge in [-0.2, -0.15) is 0 Å². The van der Waals surface area contributed by atoms with E-state index in [0.29, 0.717) is 17.7 Å². The minimum atomic E-state index is -1.73. The second-order valence-corrected chi connectivity index (χ2v) is 9.50. The summed E-state index contributed by atoms with van der Waals surface area (Å²) in [5.74, 6) is -2.72. The van der Waals surface area contributed by atoms with Crippen LogP contribution < -0.4 is 10.6 Å². The number of amides is 2. The zero-order valence-electron chi connectivity index (χ0n) is 21.2. The fourth-order valence-electron chi connectivity index (χ4n) is 3.90. The standard InChI is InChI=1S/C26H38BN3O5/c1-5-6-8-19-10-12-20(13-11-19)23(31)16-21(17-28-26(33)22-9-7-14-30(22)4)25(32)29-24(27(34)35)15-18(2)3/h7,9-14,18,21,24,34-35H,5-6,8,15-17H2,1-4H3,(H,28,33)(H,29,32)/t21-,24-/m0/s1. The Morgan fingerprint density at radius 3 is 2.31 bits per heavy atom. The number of unbranched alkanes of at least 4 members (excludes halogenated alkanes) is 1. The van der Waals surface area contributed by atoms with Gasteiger partial charge < -0.3 is 25.2 Å². The molecule has 2 rings (SSSR count). The van der Waals surface area contributed by atoms with Gasteiger partial charge in [-0.1, -0.05) is 51.5 Å². The third-order valence-corrected chi connectivity index (χ3v) is 6.00. The Hall–Kier alpha value is -2.91. The quantitative estimate of drug-likeness (QED) is 0.243. The van der Waals surface area contributed by atoms with Crippen LogP contribution in [-0.4, -0.2) is 51.8 Å². The average molecular weight is 483 g/mol. The number of rotatable bonds is 14. The van der Waals surface area contributed by atoms with E-state index in [1.165, 1.54) is 0 Å². The third kappa shape index (κ3) is 9.00. The largest absolute Gasteiger partial charge is 0.475 e. The van der Waals surface area contributed by atoms with Crippen LogP contribution in [0.15, 0.2) is 42.6 Å². The average Bonchev–Trinajstić information content (AvgIpc) is 3.25. The molecule has 2 atom stereocenters. The van der Waals surface area contributed by atoms with Crippen LogP contribution in [0, 0.1) is 11.8 Å². The van der Waals surface area contributed by atoms with Gasteiger partial charge in [0, 0.05) is 31.8 Å². The second kappa shape index (κ2) is 13.8. The second-order valence-electron chi connectivity index (χ2n) is 9.50. The highest BCUT2D eigenvalue weighted by molar-refractivity contribution is 6.43. The lowest BCUT2D eigenvalue weighted by molar-refractivity contribution is -0.125. The summed E-state index contributed by atoms with van der Waals surface area (Å²) in [4.78, 5) is 38.7. The summed E-state index contributed by atoms with van der Waals surface area (Å²) in [5.41, 5.74) is 2.08. The van der Waals surface area contributed by atoms with Gasteiger partial charge in [-0.3, -0.25) is 14.4 Å². The highest BCUT2D eigenvalue weighted by Gasteiger charge is 2.30. The van der Waals surface area contributed by atoms with Crippen LogP contribution in [0.5, 0.6) is 0 Å². The molecule has 0 radical (unpaired) electrons. The SMILES string of the molecule is CCCCc1ccc(C(=O)C[C@@H](CNC(=O)c2cccn2C)C(=O)N[C@@H](CC(C)C)B(O)O)cc1. The van der Waals surface area contributed by atoms with Gasteiger partial charge in [0.25, 0.3) is 5.91 Å². The molecule has 0 unspecified atom stereocenters. The number of nitrogens with zero attached hydrogens (tertiary/aromatic N) is 1. The van der Waals surface area contributed by atoms with Crippen LogP contribution in [0.4, 0.5) is 0 Å². The molecule has 0 spiro atoms. The van der Waals surface area contributed by atoms with Gasteiger partial charge in [0.2, 0.25) is 5.91 Å². The van der Waals surface area contributed by atoms with Crippen molar-refractivity contribution in [3.05, 3.63) is 59.4 Å². The van der Waals surface area contributed by atoms with Crippen molar-refractivity contribution in [3.63, 3.8) is 0 Å². The van der Waals surface area contributed by atoms with Crippen molar-refractivity contribution in [2.24, 2.45) is 18.9 Å². The first-order valence-electron chi connectivity index (χ1n) is 12.3. The molecule has 0 aliphatic rings. The third-order valence-electron chi connectivity index (χ3n) is 6.00. The Balaban J connectivity index is 2.14. The number of hydrogen-bond donors (Lipinski definition) is 4. The molecule has 0 aliphatic carbocycles. The predicted molar refractivity (Wildman–Crippen MR) is 137 cm³/mol. The summed E-state index contributed by atoms with van der Waals surface area (Å²) >= 11 is 0. The molecule has 35 heavy (non-hydrogen) atoms. The molecule has 1 aromatic heterocycles. The predicted octanol–water partition coefficient (Wildman–Crippen LogP) is 2.53. The van der Waals surface area contributed by atoms with E-state index in [1.54, 1.807) is 42.1 Å². The van der Waals surface area contributed by atoms with Crippen LogP contribution in [0.1, 0.15) is 72.9 Å². The van der Waals surface area contributed by atoms with Crippen molar-refractivity contribution >= 4 is 24.7 Å². The summed E-state index contributed by atoms with van der Waals surface area (Å²) in [6, 6.07) is 10.8. The van der Waals surface area contributed by atoms with Crippen molar-refractivity contribution in [2.75, 3.05) is 6.54 Å². The van der Waals surface area contributed by atoms with Crippen LogP contribution in [0.3, 0.4) is 0 Å². The number of benzene rings is 1. The van der Waals surface area contributed by atoms with Crippen molar-refractivity contribution in [1.29, 1.82) is 0 Å². The Kier molecular flexibility index (Phi) is 11.2. The molecule has 0 saturated heterocycles. The molecule has 0 fully saturated rings. The van der Waals surface area contributed by atoms with E-state index >= 15 is 0 Å². The number of nitrogens with one attached hydrogen (secondary N) is 2. The normalized spacial score (nSPS) is 12.8. The maximum absolute atomic E-state index is 13.1. The topological polar surface area (TPSA) is 121 Å². The summed E-state index contributed by atoms with van der Waals surface area (Å²) < 4.78 is 1.66. The Morgan fingerprint density at radius 2 is 1.77 bits per heavy atom. The van der Waals surface area contributed by atoms with Gasteiger partial charge >= 0.3 is 7.12 Å². The van der Waals surface area contributed by atoms with E-state index in [-0.39, 0.29) is 30.6 Å². The molecule has 0 saturated carbocycles. The van der Waals surface area contributed by atoms with Crippen LogP contribution in [-0.2, 0) is 18.3 Å². The van der Waals surface area contributed by atoms with E-state index in [4.69, 9.17) is 0 Å². The minimum Gasteiger partial charge on any atom is -0.426 e. The molecular weight excluding hydrogens is 445 g/mol. The smallest absolute Gasteiger partial charge is 0.426 e. The molecule has 2 aromatic rings. The maximum atomic E-state index is 13.1. The minimum absolute atomic E-state index is 0.0634. The summed E-state index contributed by atoms with van der Waals surface area (Å²) in [6.07, 6.45) is 5.09. The van der Waals surface area contributed by atoms with Crippen molar-refractivity contribution in [3.8, 4) is 0 Å². The number of aromatic nitrogens is 1. The molecule has 1 heterocycles. The molecule has 0 aliphatic heterocycles. The van der Waals surface area contributed by atoms with E-state index in [0.717, 1.165) is 24.8 Å². The van der Waals surface area contributed by atoms with Gasteiger partial charge in [-0.05, 0) is 42.9 Å². The lowest BCUT2D eigenvalue weighted by atomic mass is 9.74. The monoisotopic (exact) mass is 483 g/mol. The fourth-order valence-corrected chi connectivity index (χ4v) is 3.90. The number of aryl methyl sites for hydroxylation is 2. The van der Waals surface area contributed by atoms with E-state index in [1.807, 2.05) is 26.0 Å². The molecule has 190 valence electrons. The van der Waals surface area contributed by atoms with Crippen molar-refractivity contribution < 1.29 is 24.4 Å². The summed E-state index contributed by atoms with van der Waals surface area (Å²) in [6.45, 7) is 5.88. The first-order valence-corrected chi connectivity index (χ1v) is 12.3. The first kappa shape index (κ1) is 28.3. The highest BCUT2D eigenvalue weighted by atomic mass is 16.4. The number of carbonyl (C=O) groups is 3. The molecule has 4 N–H and O–H groups in total. The van der Waals surface area contributed by atoms with Crippen LogP contribution in [0.2, 0.25) is 0 Å². The van der Waals surface area contributed by atoms with Gasteiger partial charge in [0.1, 0.15) is 5.69 Å². The Labute approximate surface area is 208 Å². The van der Waals surface area contributed by atoms with Crippen LogP contribution in [0.25, 0.3) is 0 Å². The molecule has 1 aromatic carbocycles. The lowest BCUT2D eigenvalue weighted by Crippen LogP contribution is -2.51. The van der Waals surface area contributed by atoms with Crippen molar-refractivity contribution in [2.45, 2.75) is 58.8 Å². The van der Waals surface area contributed by atoms with E-state index in [9.17, 15) is 24.4 Å². The zero-order valence-corrected chi connectivity index (χ0v) is 21.2. The Morgan fingerprint density at radius 1 is 1.09 bits per heavy atom. The number of Topliss-reactive ketones (excluding diaryl/α,β-unsaturated/α-hetero) is 1. The summed E-state index contributed by atoms with van der Waals surface area (Å²) in [7, 11) is 0.0118. The zero-order chi connectivity index (χ0) is 26.0. The first-order chi connectivity index (χ1) is 16.6. The lowest BCUT2D eigenvalue weighted by Gasteiger charge is -2.23. The maximum Gasteiger partial charge on any atom is 0.475 e. The fraction of sp³-hybridized carbons (Fsp3) is 0.500. The van der Waals surface area contributed by atoms with Crippen LogP contribution >= 0.6 is 0 Å². The number of hydrogen-bond acceptors (Lipinski definition) is 5. The van der Waals surface area contributed by atoms with Crippen molar-refractivity contribution in [1.82, 2.24) is 15.2 Å². The molecular formula is C26H38BN3O5. The summed E-state index contributed by atoms with van der Waals surface area (Å²) in [5, 5.41) is 24.8. The van der Waals surface area contributed by atoms with Gasteiger partial charge in [0.15, 0.2) is 5.78 Å². The van der Waals surface area contributed by atoms with Gasteiger partial charge in [0.05, 0.1) is 11.9 Å². The Bertz CT molecular complexity index is 972. The molecule has 8 nitrogen and oxygen atoms in total. The molecule has 0 bridgehead atoms. The number of carbonyl (C=O) groups excluding carboxylic acids is 3. The molecule has 9 heteroatoms. The van der Waals surface area contributed by atoms with E-state index in [2.05, 4.69) is 17.6 Å². The number of ketones is 1.